The van der Waals surface area contributed by atoms with Gasteiger partial charge in [-0.2, -0.15) is 0 Å². The fourth-order valence-electron chi connectivity index (χ4n) is 1.37. The second kappa shape index (κ2) is 5.84. The average Bonchev–Trinajstić information content (AvgIpc) is 2.32. The lowest BCUT2D eigenvalue weighted by molar-refractivity contribution is -0.120. The summed E-state index contributed by atoms with van der Waals surface area (Å²) in [7, 11) is 0. The fraction of sp³-hybridized carbons (Fsp3) is 0.429. The van der Waals surface area contributed by atoms with Gasteiger partial charge in [0.1, 0.15) is 0 Å². The van der Waals surface area contributed by atoms with Crippen molar-refractivity contribution in [2.75, 3.05) is 10.6 Å². The molecule has 1 aromatic rings. The molecule has 0 aliphatic rings. The van der Waals surface area contributed by atoms with Crippen LogP contribution < -0.4 is 16.4 Å². The van der Waals surface area contributed by atoms with Gasteiger partial charge in [-0.15, -0.1) is 0 Å². The smallest absolute Gasteiger partial charge is 0.243 e. The molecule has 0 saturated carbocycles. The molecule has 0 aromatic heterocycles. The highest BCUT2D eigenvalue weighted by Gasteiger charge is 2.22. The lowest BCUT2D eigenvalue weighted by atomic mass is 10.1. The third kappa shape index (κ3) is 4.37. The summed E-state index contributed by atoms with van der Waals surface area (Å²) < 4.78 is 0. The first-order chi connectivity index (χ1) is 8.74. The second-order valence-corrected chi connectivity index (χ2v) is 5.11. The SMILES string of the molecule is CCC(=O)Nc1ccc(C)c(NC(=O)C(C)(C)N)c1. The van der Waals surface area contributed by atoms with Gasteiger partial charge in [-0.25, -0.2) is 0 Å². The van der Waals surface area contributed by atoms with Crippen molar-refractivity contribution in [2.24, 2.45) is 5.73 Å². The molecule has 5 nitrogen and oxygen atoms in total. The van der Waals surface area contributed by atoms with Crippen LogP contribution in [0.4, 0.5) is 11.4 Å². The molecule has 104 valence electrons. The van der Waals surface area contributed by atoms with Crippen molar-refractivity contribution in [3.8, 4) is 0 Å². The van der Waals surface area contributed by atoms with E-state index in [1.165, 1.54) is 0 Å². The Morgan fingerprint density at radius 2 is 1.89 bits per heavy atom. The van der Waals surface area contributed by atoms with Crippen LogP contribution in [0.5, 0.6) is 0 Å². The molecule has 0 heterocycles. The number of benzene rings is 1. The topological polar surface area (TPSA) is 84.2 Å². The van der Waals surface area contributed by atoms with Crippen LogP contribution in [-0.4, -0.2) is 17.4 Å². The van der Waals surface area contributed by atoms with E-state index in [1.807, 2.05) is 13.0 Å². The summed E-state index contributed by atoms with van der Waals surface area (Å²) in [5.41, 5.74) is 7.00. The van der Waals surface area contributed by atoms with Gasteiger partial charge in [0.05, 0.1) is 5.54 Å². The van der Waals surface area contributed by atoms with E-state index in [1.54, 1.807) is 32.9 Å². The van der Waals surface area contributed by atoms with E-state index in [2.05, 4.69) is 10.6 Å². The summed E-state index contributed by atoms with van der Waals surface area (Å²) in [6.07, 6.45) is 0.408. The molecule has 0 aliphatic heterocycles. The van der Waals surface area contributed by atoms with Crippen LogP contribution >= 0.6 is 0 Å². The summed E-state index contributed by atoms with van der Waals surface area (Å²) >= 11 is 0. The molecule has 0 saturated heterocycles. The number of hydrogen-bond donors (Lipinski definition) is 3. The molecule has 0 aliphatic carbocycles. The number of carbonyl (C=O) groups excluding carboxylic acids is 2. The number of hydrogen-bond acceptors (Lipinski definition) is 3. The molecule has 4 N–H and O–H groups in total. The van der Waals surface area contributed by atoms with Gasteiger partial charge in [-0.3, -0.25) is 9.59 Å². The van der Waals surface area contributed by atoms with Crippen molar-refractivity contribution < 1.29 is 9.59 Å². The zero-order valence-electron chi connectivity index (χ0n) is 11.8. The van der Waals surface area contributed by atoms with Crippen molar-refractivity contribution in [1.29, 1.82) is 0 Å². The molecular formula is C14H21N3O2. The molecule has 0 bridgehead atoms. The van der Waals surface area contributed by atoms with Gasteiger partial charge in [0, 0.05) is 17.8 Å². The maximum absolute atomic E-state index is 11.9. The van der Waals surface area contributed by atoms with Gasteiger partial charge in [0.2, 0.25) is 11.8 Å². The van der Waals surface area contributed by atoms with Crippen molar-refractivity contribution in [3.05, 3.63) is 23.8 Å². The van der Waals surface area contributed by atoms with Crippen LogP contribution in [0.15, 0.2) is 18.2 Å². The number of nitrogens with two attached hydrogens (primary N) is 1. The molecule has 5 heteroatoms. The maximum atomic E-state index is 11.9. The summed E-state index contributed by atoms with van der Waals surface area (Å²) in [5.74, 6) is -0.338. The van der Waals surface area contributed by atoms with E-state index in [9.17, 15) is 9.59 Å². The monoisotopic (exact) mass is 263 g/mol. The third-order valence-electron chi connectivity index (χ3n) is 2.68. The molecule has 0 atom stereocenters. The lowest BCUT2D eigenvalue weighted by Crippen LogP contribution is -2.45. The van der Waals surface area contributed by atoms with Crippen LogP contribution in [0.1, 0.15) is 32.8 Å². The van der Waals surface area contributed by atoms with Crippen LogP contribution in [0.2, 0.25) is 0 Å². The molecule has 0 radical (unpaired) electrons. The molecule has 0 unspecified atom stereocenters. The van der Waals surface area contributed by atoms with Gasteiger partial charge in [0.15, 0.2) is 0 Å². The van der Waals surface area contributed by atoms with Crippen LogP contribution in [0, 0.1) is 6.92 Å². The predicted molar refractivity (Wildman–Crippen MR) is 77.0 cm³/mol. The van der Waals surface area contributed by atoms with Crippen LogP contribution in [0.25, 0.3) is 0 Å². The average molecular weight is 263 g/mol. The first kappa shape index (κ1) is 15.2. The van der Waals surface area contributed by atoms with E-state index in [-0.39, 0.29) is 11.8 Å². The Morgan fingerprint density at radius 3 is 2.42 bits per heavy atom. The number of amides is 2. The zero-order valence-corrected chi connectivity index (χ0v) is 11.8. The Bertz CT molecular complexity index is 490. The van der Waals surface area contributed by atoms with Gasteiger partial charge in [-0.1, -0.05) is 13.0 Å². The lowest BCUT2D eigenvalue weighted by Gasteiger charge is -2.19. The van der Waals surface area contributed by atoms with Crippen LogP contribution in [0.3, 0.4) is 0 Å². The highest BCUT2D eigenvalue weighted by atomic mass is 16.2. The minimum absolute atomic E-state index is 0.0692. The van der Waals surface area contributed by atoms with E-state index in [4.69, 9.17) is 5.73 Å². The van der Waals surface area contributed by atoms with Crippen molar-refractivity contribution in [1.82, 2.24) is 0 Å². The molecular weight excluding hydrogens is 242 g/mol. The highest BCUT2D eigenvalue weighted by Crippen LogP contribution is 2.21. The Balaban J connectivity index is 2.92. The summed E-state index contributed by atoms with van der Waals surface area (Å²) in [5, 5.41) is 5.52. The Hall–Kier alpha value is -1.88. The minimum atomic E-state index is -0.949. The fourth-order valence-corrected chi connectivity index (χ4v) is 1.37. The Morgan fingerprint density at radius 1 is 1.26 bits per heavy atom. The van der Waals surface area contributed by atoms with E-state index >= 15 is 0 Å². The molecule has 0 fully saturated rings. The van der Waals surface area contributed by atoms with Crippen LogP contribution in [-0.2, 0) is 9.59 Å². The van der Waals surface area contributed by atoms with Gasteiger partial charge < -0.3 is 16.4 Å². The zero-order chi connectivity index (χ0) is 14.6. The Labute approximate surface area is 113 Å². The van der Waals surface area contributed by atoms with E-state index in [0.717, 1.165) is 5.56 Å². The van der Waals surface area contributed by atoms with Gasteiger partial charge in [0.25, 0.3) is 0 Å². The standard InChI is InChI=1S/C14H21N3O2/c1-5-12(18)16-10-7-6-9(2)11(8-10)17-13(19)14(3,4)15/h6-8H,5,15H2,1-4H3,(H,16,18)(H,17,19). The van der Waals surface area contributed by atoms with Gasteiger partial charge >= 0.3 is 0 Å². The number of carbonyl (C=O) groups is 2. The molecule has 2 amide bonds. The number of aryl methyl sites for hydroxylation is 1. The molecule has 19 heavy (non-hydrogen) atoms. The van der Waals surface area contributed by atoms with E-state index in [0.29, 0.717) is 17.8 Å². The summed E-state index contributed by atoms with van der Waals surface area (Å²) in [6.45, 7) is 6.94. The quantitative estimate of drug-likeness (QED) is 0.777. The van der Waals surface area contributed by atoms with Crippen molar-refractivity contribution in [2.45, 2.75) is 39.7 Å². The highest BCUT2D eigenvalue weighted by molar-refractivity contribution is 5.99. The minimum Gasteiger partial charge on any atom is -0.326 e. The molecule has 0 spiro atoms. The first-order valence-corrected chi connectivity index (χ1v) is 6.25. The van der Waals surface area contributed by atoms with Crippen molar-refractivity contribution in [3.63, 3.8) is 0 Å². The Kier molecular flexibility index (Phi) is 4.67. The predicted octanol–water partition coefficient (Wildman–Crippen LogP) is 2.02. The number of anilines is 2. The maximum Gasteiger partial charge on any atom is 0.243 e. The third-order valence-corrected chi connectivity index (χ3v) is 2.68. The second-order valence-electron chi connectivity index (χ2n) is 5.11. The van der Waals surface area contributed by atoms with Gasteiger partial charge in [-0.05, 0) is 38.5 Å². The number of rotatable bonds is 4. The van der Waals surface area contributed by atoms with Crippen molar-refractivity contribution >= 4 is 23.2 Å². The molecule has 1 rings (SSSR count). The van der Waals surface area contributed by atoms with E-state index < -0.39 is 5.54 Å². The number of nitrogens with one attached hydrogen (secondary N) is 2. The normalized spacial score (nSPS) is 11.0. The summed E-state index contributed by atoms with van der Waals surface area (Å²) in [4.78, 5) is 23.2. The molecule has 1 aromatic carbocycles. The first-order valence-electron chi connectivity index (χ1n) is 6.25. The largest absolute Gasteiger partial charge is 0.326 e. The summed E-state index contributed by atoms with van der Waals surface area (Å²) in [6, 6.07) is 5.36.